The molecule has 0 unspecified atom stereocenters. The highest BCUT2D eigenvalue weighted by molar-refractivity contribution is 5.91. The Bertz CT molecular complexity index is 1000. The molecule has 0 radical (unpaired) electrons. The van der Waals surface area contributed by atoms with Gasteiger partial charge in [-0.15, -0.1) is 0 Å². The lowest BCUT2D eigenvalue weighted by Gasteiger charge is -2.36. The Hall–Kier alpha value is -3.06. The SMILES string of the molecule is CC(C)(C)[C@H](NC(=O)CN)C(=O)N1CC(c2cc(F)ccc2F)=C[C@H]1c1ccccc1. The van der Waals surface area contributed by atoms with Crippen LogP contribution in [0, 0.1) is 17.0 Å². The van der Waals surface area contributed by atoms with Gasteiger partial charge in [0.1, 0.15) is 17.7 Å². The summed E-state index contributed by atoms with van der Waals surface area (Å²) in [5, 5.41) is 2.72. The number of carbonyl (C=O) groups excluding carboxylic acids is 2. The van der Waals surface area contributed by atoms with E-state index in [1.807, 2.05) is 51.1 Å². The van der Waals surface area contributed by atoms with Gasteiger partial charge in [0.15, 0.2) is 0 Å². The Morgan fingerprint density at radius 2 is 1.84 bits per heavy atom. The Morgan fingerprint density at radius 3 is 2.45 bits per heavy atom. The van der Waals surface area contributed by atoms with E-state index < -0.39 is 35.0 Å². The van der Waals surface area contributed by atoms with E-state index >= 15 is 0 Å². The van der Waals surface area contributed by atoms with Gasteiger partial charge in [-0.3, -0.25) is 9.59 Å². The minimum Gasteiger partial charge on any atom is -0.343 e. The number of hydrogen-bond acceptors (Lipinski definition) is 3. The molecule has 164 valence electrons. The third kappa shape index (κ3) is 4.99. The fraction of sp³-hybridized carbons (Fsp3) is 0.333. The highest BCUT2D eigenvalue weighted by atomic mass is 19.1. The van der Waals surface area contributed by atoms with E-state index in [4.69, 9.17) is 5.73 Å². The molecule has 3 rings (SSSR count). The van der Waals surface area contributed by atoms with Gasteiger partial charge in [-0.25, -0.2) is 8.78 Å². The zero-order valence-electron chi connectivity index (χ0n) is 17.9. The molecule has 1 heterocycles. The third-order valence-corrected chi connectivity index (χ3v) is 5.34. The molecule has 2 aromatic carbocycles. The summed E-state index contributed by atoms with van der Waals surface area (Å²) in [6, 6.07) is 11.3. The minimum atomic E-state index is -0.833. The van der Waals surface area contributed by atoms with Crippen LogP contribution in [-0.2, 0) is 9.59 Å². The molecule has 31 heavy (non-hydrogen) atoms. The Morgan fingerprint density at radius 1 is 1.16 bits per heavy atom. The minimum absolute atomic E-state index is 0.0871. The summed E-state index contributed by atoms with van der Waals surface area (Å²) in [6.45, 7) is 5.39. The maximum atomic E-state index is 14.5. The first-order chi connectivity index (χ1) is 14.6. The molecule has 2 aromatic rings. The average Bonchev–Trinajstić information content (AvgIpc) is 3.18. The molecule has 5 nitrogen and oxygen atoms in total. The summed E-state index contributed by atoms with van der Waals surface area (Å²) in [6.07, 6.45) is 1.77. The molecule has 0 bridgehead atoms. The van der Waals surface area contributed by atoms with Gasteiger partial charge in [0.2, 0.25) is 11.8 Å². The van der Waals surface area contributed by atoms with Gasteiger partial charge in [0.25, 0.3) is 0 Å². The first-order valence-electron chi connectivity index (χ1n) is 10.1. The number of nitrogens with one attached hydrogen (secondary N) is 1. The van der Waals surface area contributed by atoms with Crippen LogP contribution in [0.4, 0.5) is 8.78 Å². The number of halogens is 2. The van der Waals surface area contributed by atoms with Crippen LogP contribution in [-0.4, -0.2) is 35.8 Å². The van der Waals surface area contributed by atoms with Crippen molar-refractivity contribution in [2.45, 2.75) is 32.9 Å². The Balaban J connectivity index is 2.02. The van der Waals surface area contributed by atoms with E-state index in [1.165, 1.54) is 0 Å². The number of nitrogens with zero attached hydrogens (tertiary/aromatic N) is 1. The fourth-order valence-corrected chi connectivity index (χ4v) is 3.71. The van der Waals surface area contributed by atoms with Crippen LogP contribution in [0.5, 0.6) is 0 Å². The predicted molar refractivity (Wildman–Crippen MR) is 116 cm³/mol. The summed E-state index contributed by atoms with van der Waals surface area (Å²) in [4.78, 5) is 27.2. The summed E-state index contributed by atoms with van der Waals surface area (Å²) in [5.74, 6) is -1.86. The van der Waals surface area contributed by atoms with Gasteiger partial charge in [-0.05, 0) is 34.8 Å². The number of hydrogen-bond donors (Lipinski definition) is 2. The van der Waals surface area contributed by atoms with Crippen molar-refractivity contribution in [1.29, 1.82) is 0 Å². The molecular weight excluding hydrogens is 400 g/mol. The normalized spacial score (nSPS) is 17.3. The topological polar surface area (TPSA) is 75.4 Å². The van der Waals surface area contributed by atoms with Crippen LogP contribution in [0.3, 0.4) is 0 Å². The first kappa shape index (κ1) is 22.6. The lowest BCUT2D eigenvalue weighted by Crippen LogP contribution is -2.55. The van der Waals surface area contributed by atoms with Gasteiger partial charge in [-0.1, -0.05) is 57.2 Å². The van der Waals surface area contributed by atoms with Crippen LogP contribution in [0.1, 0.15) is 37.9 Å². The van der Waals surface area contributed by atoms with Crippen molar-refractivity contribution in [2.75, 3.05) is 13.1 Å². The van der Waals surface area contributed by atoms with E-state index in [0.717, 1.165) is 23.8 Å². The van der Waals surface area contributed by atoms with Gasteiger partial charge < -0.3 is 16.0 Å². The Labute approximate surface area is 180 Å². The monoisotopic (exact) mass is 427 g/mol. The van der Waals surface area contributed by atoms with Crippen molar-refractivity contribution in [3.8, 4) is 0 Å². The standard InChI is InChI=1S/C24H27F2N3O2/c1-24(2,3)22(28-21(30)13-27)23(31)29-14-16(18-12-17(25)9-10-19(18)26)11-20(29)15-7-5-4-6-8-15/h4-12,20,22H,13-14,27H2,1-3H3,(H,28,30)/t20-,22+/m0/s1. The zero-order valence-corrected chi connectivity index (χ0v) is 17.9. The predicted octanol–water partition coefficient (Wildman–Crippen LogP) is 3.42. The van der Waals surface area contributed by atoms with Crippen molar-refractivity contribution in [3.05, 3.63) is 77.4 Å². The first-order valence-corrected chi connectivity index (χ1v) is 10.1. The number of nitrogens with two attached hydrogens (primary N) is 1. The fourth-order valence-electron chi connectivity index (χ4n) is 3.71. The molecule has 2 amide bonds. The largest absolute Gasteiger partial charge is 0.343 e. The van der Waals surface area contributed by atoms with Crippen molar-refractivity contribution in [3.63, 3.8) is 0 Å². The van der Waals surface area contributed by atoms with Gasteiger partial charge in [0, 0.05) is 12.1 Å². The number of amides is 2. The number of carbonyl (C=O) groups is 2. The van der Waals surface area contributed by atoms with Crippen molar-refractivity contribution < 1.29 is 18.4 Å². The molecule has 1 aliphatic heterocycles. The Kier molecular flexibility index (Phi) is 6.55. The van der Waals surface area contributed by atoms with Crippen molar-refractivity contribution in [1.82, 2.24) is 10.2 Å². The zero-order chi connectivity index (χ0) is 22.8. The van der Waals surface area contributed by atoms with E-state index in [1.54, 1.807) is 11.0 Å². The van der Waals surface area contributed by atoms with Crippen LogP contribution in [0.15, 0.2) is 54.6 Å². The molecule has 0 aromatic heterocycles. The molecule has 0 spiro atoms. The van der Waals surface area contributed by atoms with Crippen LogP contribution in [0.25, 0.3) is 5.57 Å². The molecule has 0 aliphatic carbocycles. The lowest BCUT2D eigenvalue weighted by atomic mass is 9.85. The second-order valence-electron chi connectivity index (χ2n) is 8.71. The van der Waals surface area contributed by atoms with Gasteiger partial charge in [-0.2, -0.15) is 0 Å². The van der Waals surface area contributed by atoms with E-state index in [-0.39, 0.29) is 24.6 Å². The molecule has 2 atom stereocenters. The summed E-state index contributed by atoms with van der Waals surface area (Å²) in [7, 11) is 0. The summed E-state index contributed by atoms with van der Waals surface area (Å²) < 4.78 is 28.3. The second kappa shape index (κ2) is 8.98. The van der Waals surface area contributed by atoms with Crippen LogP contribution >= 0.6 is 0 Å². The van der Waals surface area contributed by atoms with Crippen LogP contribution in [0.2, 0.25) is 0 Å². The quantitative estimate of drug-likeness (QED) is 0.768. The summed E-state index contributed by atoms with van der Waals surface area (Å²) >= 11 is 0. The van der Waals surface area contributed by atoms with Crippen molar-refractivity contribution in [2.24, 2.45) is 11.1 Å². The smallest absolute Gasteiger partial charge is 0.246 e. The molecule has 0 fully saturated rings. The number of rotatable bonds is 5. The van der Waals surface area contributed by atoms with E-state index in [9.17, 15) is 18.4 Å². The average molecular weight is 427 g/mol. The van der Waals surface area contributed by atoms with E-state index in [2.05, 4.69) is 5.32 Å². The maximum absolute atomic E-state index is 14.5. The molecular formula is C24H27F2N3O2. The second-order valence-corrected chi connectivity index (χ2v) is 8.71. The highest BCUT2D eigenvalue weighted by Crippen LogP contribution is 2.37. The maximum Gasteiger partial charge on any atom is 0.246 e. The molecule has 1 aliphatic rings. The van der Waals surface area contributed by atoms with Gasteiger partial charge in [0.05, 0.1) is 12.6 Å². The van der Waals surface area contributed by atoms with Gasteiger partial charge >= 0.3 is 0 Å². The molecule has 0 saturated carbocycles. The van der Waals surface area contributed by atoms with Crippen molar-refractivity contribution >= 4 is 17.4 Å². The highest BCUT2D eigenvalue weighted by Gasteiger charge is 2.40. The van der Waals surface area contributed by atoms with Crippen LogP contribution < -0.4 is 11.1 Å². The van der Waals surface area contributed by atoms with E-state index in [0.29, 0.717) is 5.57 Å². The molecule has 7 heteroatoms. The summed E-state index contributed by atoms with van der Waals surface area (Å²) in [5.41, 5.74) is 6.32. The molecule has 0 saturated heterocycles. The third-order valence-electron chi connectivity index (χ3n) is 5.34. The molecule has 3 N–H and O–H groups in total. The number of benzene rings is 2. The lowest BCUT2D eigenvalue weighted by molar-refractivity contribution is -0.139.